The Kier molecular flexibility index (Phi) is 5.70. The number of rotatable bonds is 6. The number of benzene rings is 1. The molecule has 98 valence electrons. The van der Waals surface area contributed by atoms with Crippen molar-refractivity contribution < 1.29 is 14.3 Å². The number of carbonyl (C=O) groups is 1. The van der Waals surface area contributed by atoms with E-state index < -0.39 is 5.97 Å². The molecule has 0 aliphatic carbocycles. The highest BCUT2D eigenvalue weighted by molar-refractivity contribution is 5.92. The number of esters is 1. The third-order valence-corrected chi connectivity index (χ3v) is 2.13. The van der Waals surface area contributed by atoms with E-state index >= 15 is 0 Å². The summed E-state index contributed by atoms with van der Waals surface area (Å²) < 4.78 is 9.78. The van der Waals surface area contributed by atoms with Crippen molar-refractivity contribution in [2.24, 2.45) is 0 Å². The molecule has 5 heteroatoms. The molecular formula is C14H14N2O3. The van der Waals surface area contributed by atoms with E-state index in [1.165, 1.54) is 13.3 Å². The van der Waals surface area contributed by atoms with Crippen LogP contribution in [0.1, 0.15) is 0 Å². The molecule has 0 fully saturated rings. The Hall–Kier alpha value is -2.74. The van der Waals surface area contributed by atoms with Crippen LogP contribution in [0.4, 0.5) is 5.69 Å². The molecule has 0 unspecified atom stereocenters. The van der Waals surface area contributed by atoms with Crippen molar-refractivity contribution in [3.63, 3.8) is 0 Å². The molecule has 0 aliphatic heterocycles. The van der Waals surface area contributed by atoms with Gasteiger partial charge in [-0.05, 0) is 24.3 Å². The predicted molar refractivity (Wildman–Crippen MR) is 71.5 cm³/mol. The van der Waals surface area contributed by atoms with Gasteiger partial charge in [-0.1, -0.05) is 12.7 Å². The second-order valence-corrected chi connectivity index (χ2v) is 3.43. The topological polar surface area (TPSA) is 71.3 Å². The number of methoxy groups -OCH3 is 1. The molecule has 0 bridgehead atoms. The molecule has 0 amide bonds. The molecule has 1 aromatic carbocycles. The van der Waals surface area contributed by atoms with Gasteiger partial charge < -0.3 is 14.8 Å². The van der Waals surface area contributed by atoms with Crippen LogP contribution in [-0.4, -0.2) is 19.7 Å². The van der Waals surface area contributed by atoms with E-state index in [1.807, 2.05) is 0 Å². The summed E-state index contributed by atoms with van der Waals surface area (Å²) >= 11 is 0. The number of nitrogens with zero attached hydrogens (tertiary/aromatic N) is 1. The van der Waals surface area contributed by atoms with Crippen molar-refractivity contribution in [3.8, 4) is 11.8 Å². The highest BCUT2D eigenvalue weighted by atomic mass is 16.5. The van der Waals surface area contributed by atoms with Crippen LogP contribution in [-0.2, 0) is 9.53 Å². The van der Waals surface area contributed by atoms with Gasteiger partial charge in [0.15, 0.2) is 5.57 Å². The van der Waals surface area contributed by atoms with Gasteiger partial charge in [0.2, 0.25) is 0 Å². The maximum absolute atomic E-state index is 11.2. The zero-order valence-corrected chi connectivity index (χ0v) is 10.6. The van der Waals surface area contributed by atoms with E-state index in [9.17, 15) is 4.79 Å². The predicted octanol–water partition coefficient (Wildman–Crippen LogP) is 2.24. The van der Waals surface area contributed by atoms with Crippen LogP contribution in [0, 0.1) is 11.3 Å². The first-order chi connectivity index (χ1) is 9.21. The molecule has 0 heterocycles. The third kappa shape index (κ3) is 4.56. The van der Waals surface area contributed by atoms with E-state index in [2.05, 4.69) is 16.6 Å². The monoisotopic (exact) mass is 258 g/mol. The van der Waals surface area contributed by atoms with Crippen molar-refractivity contribution >= 4 is 11.7 Å². The zero-order chi connectivity index (χ0) is 14.1. The van der Waals surface area contributed by atoms with Gasteiger partial charge in [0.25, 0.3) is 0 Å². The van der Waals surface area contributed by atoms with Crippen LogP contribution in [0.2, 0.25) is 0 Å². The van der Waals surface area contributed by atoms with E-state index in [1.54, 1.807) is 36.4 Å². The van der Waals surface area contributed by atoms with Crippen LogP contribution in [0.3, 0.4) is 0 Å². The molecule has 0 saturated carbocycles. The van der Waals surface area contributed by atoms with Crippen molar-refractivity contribution in [2.45, 2.75) is 0 Å². The quantitative estimate of drug-likeness (QED) is 0.367. The number of nitrogens with one attached hydrogen (secondary N) is 1. The lowest BCUT2D eigenvalue weighted by Gasteiger charge is -2.05. The minimum absolute atomic E-state index is 0.102. The molecule has 5 nitrogen and oxygen atoms in total. The summed E-state index contributed by atoms with van der Waals surface area (Å²) in [4.78, 5) is 11.2. The average Bonchev–Trinajstić information content (AvgIpc) is 2.46. The number of hydrogen-bond acceptors (Lipinski definition) is 5. The number of carbonyl (C=O) groups excluding carboxylic acids is 1. The lowest BCUT2D eigenvalue weighted by molar-refractivity contribution is -0.135. The fraction of sp³-hybridized carbons (Fsp3) is 0.143. The number of ether oxygens (including phenoxy) is 2. The van der Waals surface area contributed by atoms with Gasteiger partial charge in [-0.15, -0.1) is 0 Å². The first kappa shape index (κ1) is 14.3. The van der Waals surface area contributed by atoms with E-state index in [0.717, 1.165) is 5.69 Å². The Morgan fingerprint density at radius 3 is 2.68 bits per heavy atom. The van der Waals surface area contributed by atoms with Crippen molar-refractivity contribution in [2.75, 3.05) is 19.0 Å². The molecule has 0 radical (unpaired) electrons. The highest BCUT2D eigenvalue weighted by Gasteiger charge is 2.07. The van der Waals surface area contributed by atoms with E-state index in [0.29, 0.717) is 12.4 Å². The van der Waals surface area contributed by atoms with Crippen LogP contribution in [0.15, 0.2) is 48.7 Å². The fourth-order valence-electron chi connectivity index (χ4n) is 1.20. The van der Waals surface area contributed by atoms with Gasteiger partial charge in [0.05, 0.1) is 7.11 Å². The summed E-state index contributed by atoms with van der Waals surface area (Å²) in [6, 6.07) is 8.82. The molecule has 0 saturated heterocycles. The average molecular weight is 258 g/mol. The number of anilines is 1. The van der Waals surface area contributed by atoms with Gasteiger partial charge >= 0.3 is 5.97 Å². The largest absolute Gasteiger partial charge is 0.490 e. The Labute approximate surface area is 111 Å². The Morgan fingerprint density at radius 2 is 2.16 bits per heavy atom. The molecule has 0 aromatic heterocycles. The van der Waals surface area contributed by atoms with Crippen LogP contribution in [0.25, 0.3) is 0 Å². The normalized spacial score (nSPS) is 10.2. The highest BCUT2D eigenvalue weighted by Crippen LogP contribution is 2.16. The minimum atomic E-state index is -0.680. The first-order valence-electron chi connectivity index (χ1n) is 5.50. The molecule has 1 N–H and O–H groups in total. The maximum atomic E-state index is 11.2. The van der Waals surface area contributed by atoms with Gasteiger partial charge in [-0.3, -0.25) is 0 Å². The molecule has 19 heavy (non-hydrogen) atoms. The number of hydrogen-bond donors (Lipinski definition) is 1. The Balaban J connectivity index is 2.67. The van der Waals surface area contributed by atoms with E-state index in [4.69, 9.17) is 10.00 Å². The number of nitriles is 1. The molecule has 0 atom stereocenters. The zero-order valence-electron chi connectivity index (χ0n) is 10.6. The lowest BCUT2D eigenvalue weighted by atomic mass is 10.3. The second kappa shape index (κ2) is 7.56. The van der Waals surface area contributed by atoms with E-state index in [-0.39, 0.29) is 5.57 Å². The molecule has 1 rings (SSSR count). The van der Waals surface area contributed by atoms with Crippen LogP contribution in [0.5, 0.6) is 5.75 Å². The third-order valence-electron chi connectivity index (χ3n) is 2.13. The van der Waals surface area contributed by atoms with Crippen molar-refractivity contribution in [1.82, 2.24) is 0 Å². The second-order valence-electron chi connectivity index (χ2n) is 3.43. The van der Waals surface area contributed by atoms with Gasteiger partial charge in [-0.2, -0.15) is 5.26 Å². The summed E-state index contributed by atoms with van der Waals surface area (Å²) in [5.74, 6) is 0.0313. The Morgan fingerprint density at radius 1 is 1.47 bits per heavy atom. The van der Waals surface area contributed by atoms with Crippen LogP contribution >= 0.6 is 0 Å². The van der Waals surface area contributed by atoms with Crippen molar-refractivity contribution in [3.05, 3.63) is 48.7 Å². The molecule has 0 spiro atoms. The first-order valence-corrected chi connectivity index (χ1v) is 5.50. The maximum Gasteiger partial charge on any atom is 0.350 e. The summed E-state index contributed by atoms with van der Waals surface area (Å²) in [6.07, 6.45) is 2.95. The van der Waals surface area contributed by atoms with Gasteiger partial charge in [0.1, 0.15) is 18.4 Å². The van der Waals surface area contributed by atoms with Crippen molar-refractivity contribution in [1.29, 1.82) is 5.26 Å². The summed E-state index contributed by atoms with van der Waals surface area (Å²) in [5, 5.41) is 11.6. The Bertz CT molecular complexity index is 512. The molecule has 1 aromatic rings. The van der Waals surface area contributed by atoms with Crippen LogP contribution < -0.4 is 10.1 Å². The van der Waals surface area contributed by atoms with Gasteiger partial charge in [0, 0.05) is 11.9 Å². The van der Waals surface area contributed by atoms with Gasteiger partial charge in [-0.25, -0.2) is 4.79 Å². The summed E-state index contributed by atoms with van der Waals surface area (Å²) in [6.45, 7) is 3.99. The SMILES string of the molecule is C=CCOc1ccc(N/C=C(/C#N)C(=O)OC)cc1. The lowest BCUT2D eigenvalue weighted by Crippen LogP contribution is -2.05. The standard InChI is InChI=1S/C14H14N2O3/c1-3-8-19-13-6-4-12(5-7-13)16-10-11(9-15)14(17)18-2/h3-7,10,16H,1,8H2,2H3/b11-10-. The summed E-state index contributed by atoms with van der Waals surface area (Å²) in [5.41, 5.74) is 0.622. The summed E-state index contributed by atoms with van der Waals surface area (Å²) in [7, 11) is 1.22. The molecule has 0 aliphatic rings. The molecular weight excluding hydrogens is 244 g/mol. The minimum Gasteiger partial charge on any atom is -0.490 e. The fourth-order valence-corrected chi connectivity index (χ4v) is 1.20. The smallest absolute Gasteiger partial charge is 0.350 e.